The second kappa shape index (κ2) is 6.61. The van der Waals surface area contributed by atoms with Gasteiger partial charge in [0.05, 0.1) is 7.11 Å². The molecule has 1 rings (SSSR count). The summed E-state index contributed by atoms with van der Waals surface area (Å²) in [7, 11) is 1.45. The van der Waals surface area contributed by atoms with E-state index in [2.05, 4.69) is 0 Å². The van der Waals surface area contributed by atoms with Gasteiger partial charge in [0.25, 0.3) is 5.92 Å². The fraction of sp³-hybridized carbons (Fsp3) is 0.455. The first-order valence-electron chi connectivity index (χ1n) is 4.84. The van der Waals surface area contributed by atoms with Crippen molar-refractivity contribution in [3.8, 4) is 11.5 Å². The Morgan fingerprint density at radius 1 is 1.29 bits per heavy atom. The average Bonchev–Trinajstić information content (AvgIpc) is 2.25. The van der Waals surface area contributed by atoms with Gasteiger partial charge in [0.1, 0.15) is 0 Å². The first-order valence-corrected chi connectivity index (χ1v) is 4.84. The van der Waals surface area contributed by atoms with Gasteiger partial charge < -0.3 is 15.2 Å². The van der Waals surface area contributed by atoms with Crippen LogP contribution >= 0.6 is 12.4 Å². The maximum atomic E-state index is 12.6. The molecule has 0 aliphatic heterocycles. The van der Waals surface area contributed by atoms with Crippen LogP contribution in [0.2, 0.25) is 0 Å². The van der Waals surface area contributed by atoms with E-state index in [1.54, 1.807) is 18.2 Å². The molecular weight excluding hydrogens is 252 g/mol. The summed E-state index contributed by atoms with van der Waals surface area (Å²) in [6.07, 6.45) is 0. The highest BCUT2D eigenvalue weighted by molar-refractivity contribution is 5.85. The standard InChI is InChI=1S/C11H15F2NO2.ClH/c1-11(12,13)7-16-10-5-8(6-14)3-4-9(10)15-2;/h3-5H,6-7,14H2,1-2H3;1H. The maximum Gasteiger partial charge on any atom is 0.278 e. The van der Waals surface area contributed by atoms with Gasteiger partial charge in [-0.3, -0.25) is 0 Å². The second-order valence-corrected chi connectivity index (χ2v) is 3.55. The molecule has 0 spiro atoms. The lowest BCUT2D eigenvalue weighted by molar-refractivity contribution is -0.0235. The number of benzene rings is 1. The van der Waals surface area contributed by atoms with Gasteiger partial charge in [0, 0.05) is 13.5 Å². The van der Waals surface area contributed by atoms with Crippen LogP contribution in [0.5, 0.6) is 11.5 Å². The lowest BCUT2D eigenvalue weighted by Crippen LogP contribution is -2.21. The predicted molar refractivity (Wildman–Crippen MR) is 64.2 cm³/mol. The first kappa shape index (κ1) is 15.9. The molecule has 0 bridgehead atoms. The summed E-state index contributed by atoms with van der Waals surface area (Å²) < 4.78 is 35.3. The van der Waals surface area contributed by atoms with E-state index in [4.69, 9.17) is 15.2 Å². The van der Waals surface area contributed by atoms with Crippen LogP contribution in [0.25, 0.3) is 0 Å². The highest BCUT2D eigenvalue weighted by Gasteiger charge is 2.22. The number of hydrogen-bond donors (Lipinski definition) is 1. The SMILES string of the molecule is COc1ccc(CN)cc1OCC(C)(F)F.Cl. The predicted octanol–water partition coefficient (Wildman–Crippen LogP) is 2.61. The number of alkyl halides is 2. The zero-order valence-corrected chi connectivity index (χ0v) is 10.5. The molecule has 0 amide bonds. The molecule has 0 radical (unpaired) electrons. The van der Waals surface area contributed by atoms with Crippen LogP contribution in [0.15, 0.2) is 18.2 Å². The number of halogens is 3. The van der Waals surface area contributed by atoms with Crippen LogP contribution in [0.4, 0.5) is 8.78 Å². The average molecular weight is 268 g/mol. The van der Waals surface area contributed by atoms with Crippen molar-refractivity contribution in [2.24, 2.45) is 5.73 Å². The Bertz CT molecular complexity index is 356. The van der Waals surface area contributed by atoms with Crippen LogP contribution in [-0.2, 0) is 6.54 Å². The maximum absolute atomic E-state index is 12.6. The molecule has 0 aliphatic carbocycles. The molecule has 0 aromatic heterocycles. The van der Waals surface area contributed by atoms with Gasteiger partial charge in [-0.2, -0.15) is 0 Å². The van der Waals surface area contributed by atoms with E-state index in [0.29, 0.717) is 12.3 Å². The Morgan fingerprint density at radius 3 is 2.41 bits per heavy atom. The Morgan fingerprint density at radius 2 is 1.94 bits per heavy atom. The van der Waals surface area contributed by atoms with Crippen LogP contribution in [-0.4, -0.2) is 19.6 Å². The van der Waals surface area contributed by atoms with Crippen LogP contribution in [0.3, 0.4) is 0 Å². The number of rotatable bonds is 5. The zero-order valence-electron chi connectivity index (χ0n) is 9.70. The monoisotopic (exact) mass is 267 g/mol. The number of ether oxygens (including phenoxy) is 2. The topological polar surface area (TPSA) is 44.5 Å². The number of nitrogens with two attached hydrogens (primary N) is 1. The third kappa shape index (κ3) is 5.19. The largest absolute Gasteiger partial charge is 0.493 e. The van der Waals surface area contributed by atoms with Crippen LogP contribution < -0.4 is 15.2 Å². The van der Waals surface area contributed by atoms with E-state index in [1.165, 1.54) is 7.11 Å². The first-order chi connectivity index (χ1) is 7.46. The summed E-state index contributed by atoms with van der Waals surface area (Å²) in [5, 5.41) is 0. The molecule has 1 aromatic rings. The molecule has 6 heteroatoms. The lowest BCUT2D eigenvalue weighted by atomic mass is 10.2. The van der Waals surface area contributed by atoms with E-state index >= 15 is 0 Å². The quantitative estimate of drug-likeness (QED) is 0.892. The summed E-state index contributed by atoms with van der Waals surface area (Å²) in [5.41, 5.74) is 6.25. The van der Waals surface area contributed by atoms with Crippen molar-refractivity contribution in [3.05, 3.63) is 23.8 Å². The van der Waals surface area contributed by atoms with Gasteiger partial charge in [0.2, 0.25) is 0 Å². The summed E-state index contributed by atoms with van der Waals surface area (Å²) in [6.45, 7) is 0.437. The highest BCUT2D eigenvalue weighted by Crippen LogP contribution is 2.29. The molecule has 0 saturated carbocycles. The van der Waals surface area contributed by atoms with Crippen molar-refractivity contribution in [1.29, 1.82) is 0 Å². The Kier molecular flexibility index (Phi) is 6.20. The van der Waals surface area contributed by atoms with Crippen molar-refractivity contribution < 1.29 is 18.3 Å². The molecule has 2 N–H and O–H groups in total. The van der Waals surface area contributed by atoms with Gasteiger partial charge in [-0.25, -0.2) is 8.78 Å². The van der Waals surface area contributed by atoms with Crippen molar-refractivity contribution in [1.82, 2.24) is 0 Å². The van der Waals surface area contributed by atoms with E-state index in [9.17, 15) is 8.78 Å². The number of methoxy groups -OCH3 is 1. The molecule has 0 atom stereocenters. The second-order valence-electron chi connectivity index (χ2n) is 3.55. The molecule has 0 unspecified atom stereocenters. The summed E-state index contributed by atoms with van der Waals surface area (Å²) >= 11 is 0. The zero-order chi connectivity index (χ0) is 12.2. The van der Waals surface area contributed by atoms with Crippen molar-refractivity contribution in [2.75, 3.05) is 13.7 Å². The normalized spacial score (nSPS) is 10.6. The molecule has 17 heavy (non-hydrogen) atoms. The Balaban J connectivity index is 0.00000256. The minimum absolute atomic E-state index is 0. The Hall–Kier alpha value is -1.07. The highest BCUT2D eigenvalue weighted by atomic mass is 35.5. The van der Waals surface area contributed by atoms with Crippen molar-refractivity contribution >= 4 is 12.4 Å². The van der Waals surface area contributed by atoms with Crippen molar-refractivity contribution in [3.63, 3.8) is 0 Å². The summed E-state index contributed by atoms with van der Waals surface area (Å²) in [5.74, 6) is -2.17. The molecular formula is C11H16ClF2NO2. The minimum Gasteiger partial charge on any atom is -0.493 e. The number of hydrogen-bond acceptors (Lipinski definition) is 3. The molecule has 3 nitrogen and oxygen atoms in total. The van der Waals surface area contributed by atoms with E-state index in [-0.39, 0.29) is 18.2 Å². The van der Waals surface area contributed by atoms with Gasteiger partial charge in [-0.15, -0.1) is 12.4 Å². The third-order valence-corrected chi connectivity index (χ3v) is 1.94. The summed E-state index contributed by atoms with van der Waals surface area (Å²) in [4.78, 5) is 0. The molecule has 0 fully saturated rings. The molecule has 0 heterocycles. The van der Waals surface area contributed by atoms with Gasteiger partial charge in [-0.05, 0) is 17.7 Å². The van der Waals surface area contributed by atoms with E-state index < -0.39 is 12.5 Å². The van der Waals surface area contributed by atoms with Crippen LogP contribution in [0, 0.1) is 0 Å². The van der Waals surface area contributed by atoms with E-state index in [0.717, 1.165) is 12.5 Å². The van der Waals surface area contributed by atoms with Crippen LogP contribution in [0.1, 0.15) is 12.5 Å². The molecule has 1 aromatic carbocycles. The fourth-order valence-corrected chi connectivity index (χ4v) is 1.17. The molecule has 0 saturated heterocycles. The lowest BCUT2D eigenvalue weighted by Gasteiger charge is -2.15. The Labute approximate surface area is 105 Å². The van der Waals surface area contributed by atoms with Gasteiger partial charge in [-0.1, -0.05) is 6.07 Å². The van der Waals surface area contributed by atoms with Gasteiger partial charge in [0.15, 0.2) is 18.1 Å². The molecule has 98 valence electrons. The third-order valence-electron chi connectivity index (χ3n) is 1.94. The van der Waals surface area contributed by atoms with Gasteiger partial charge >= 0.3 is 0 Å². The van der Waals surface area contributed by atoms with E-state index in [1.807, 2.05) is 0 Å². The fourth-order valence-electron chi connectivity index (χ4n) is 1.17. The minimum atomic E-state index is -2.87. The smallest absolute Gasteiger partial charge is 0.278 e. The summed E-state index contributed by atoms with van der Waals surface area (Å²) in [6, 6.07) is 5.01. The van der Waals surface area contributed by atoms with Crippen molar-refractivity contribution in [2.45, 2.75) is 19.4 Å². The molecule has 0 aliphatic rings.